The highest BCUT2D eigenvalue weighted by atomic mass is 19.4. The molecule has 12 heteroatoms. The highest BCUT2D eigenvalue weighted by Gasteiger charge is 2.35. The van der Waals surface area contributed by atoms with Gasteiger partial charge in [-0.15, -0.1) is 0 Å². The van der Waals surface area contributed by atoms with Crippen molar-refractivity contribution in [2.24, 2.45) is 0 Å². The van der Waals surface area contributed by atoms with Crippen LogP contribution in [0.1, 0.15) is 53.4 Å². The number of carbonyl (C=O) groups excluding carboxylic acids is 1. The molecule has 0 saturated carbocycles. The van der Waals surface area contributed by atoms with Crippen molar-refractivity contribution in [3.63, 3.8) is 0 Å². The second-order valence-corrected chi connectivity index (χ2v) is 11.8. The molecular weight excluding hydrogens is 571 g/mol. The van der Waals surface area contributed by atoms with Gasteiger partial charge in [-0.3, -0.25) is 14.7 Å². The number of benzene rings is 1. The predicted molar refractivity (Wildman–Crippen MR) is 159 cm³/mol. The van der Waals surface area contributed by atoms with E-state index < -0.39 is 11.7 Å². The highest BCUT2D eigenvalue weighted by molar-refractivity contribution is 5.82. The van der Waals surface area contributed by atoms with E-state index in [2.05, 4.69) is 36.7 Å². The predicted octanol–water partition coefficient (Wildman–Crippen LogP) is 5.30. The Hall–Kier alpha value is -4.03. The largest absolute Gasteiger partial charge is 0.437 e. The molecule has 6 rings (SSSR count). The van der Waals surface area contributed by atoms with E-state index in [1.165, 1.54) is 12.4 Å². The van der Waals surface area contributed by atoms with Crippen LogP contribution in [0.25, 0.3) is 11.0 Å². The fourth-order valence-corrected chi connectivity index (χ4v) is 6.17. The van der Waals surface area contributed by atoms with E-state index >= 15 is 0 Å². The average Bonchev–Trinajstić information content (AvgIpc) is 3.39. The first-order chi connectivity index (χ1) is 21.1. The number of hydrogen-bond acceptors (Lipinski definition) is 7. The zero-order valence-corrected chi connectivity index (χ0v) is 25.1. The molecule has 1 N–H and O–H groups in total. The molecule has 4 aromatic rings. The van der Waals surface area contributed by atoms with Gasteiger partial charge in [0.05, 0.1) is 29.3 Å². The minimum absolute atomic E-state index is 0.0453. The van der Waals surface area contributed by atoms with Crippen molar-refractivity contribution in [3.05, 3.63) is 76.5 Å². The van der Waals surface area contributed by atoms with Crippen molar-refractivity contribution in [1.82, 2.24) is 34.6 Å². The number of likely N-dealkylation sites (N-methyl/N-ethyl adjacent to an activating group) is 1. The molecule has 1 amide bonds. The quantitative estimate of drug-likeness (QED) is 0.305. The van der Waals surface area contributed by atoms with Crippen molar-refractivity contribution in [3.8, 4) is 11.6 Å². The molecule has 2 aliphatic rings. The van der Waals surface area contributed by atoms with Gasteiger partial charge in [0, 0.05) is 57.4 Å². The molecule has 1 fully saturated rings. The number of aromatic amines is 1. The molecule has 0 aliphatic carbocycles. The minimum Gasteiger partial charge on any atom is -0.437 e. The molecule has 1 atom stereocenters. The zero-order valence-electron chi connectivity index (χ0n) is 25.1. The number of H-pyrrole nitrogens is 1. The van der Waals surface area contributed by atoms with E-state index in [-0.39, 0.29) is 30.4 Å². The third-order valence-electron chi connectivity index (χ3n) is 8.53. The molecule has 0 spiro atoms. The van der Waals surface area contributed by atoms with E-state index in [0.717, 1.165) is 61.1 Å². The Kier molecular flexibility index (Phi) is 8.30. The Morgan fingerprint density at radius 1 is 1.07 bits per heavy atom. The standard InChI is InChI=1S/C32H36F3N7O2/c1-4-40-7-9-41(10-8-40)17-23-6-5-22(12-27(23)32(33,34)35)13-28(43)42-16-20(2)29-24(18-42)14-25(15-36-29)44-31-26-11-21(3)39-30(26)37-19-38-31/h5-6,11-12,14-15,19-20H,4,7-10,13,16-18H2,1-3H3,(H,37,38,39). The third kappa shape index (κ3) is 6.41. The number of alkyl halides is 3. The number of nitrogens with one attached hydrogen (secondary N) is 1. The summed E-state index contributed by atoms with van der Waals surface area (Å²) in [6.45, 7) is 11.1. The van der Waals surface area contributed by atoms with Gasteiger partial charge >= 0.3 is 6.18 Å². The van der Waals surface area contributed by atoms with Crippen LogP contribution in [0.3, 0.4) is 0 Å². The lowest BCUT2D eigenvalue weighted by molar-refractivity contribution is -0.138. The lowest BCUT2D eigenvalue weighted by atomic mass is 9.95. The van der Waals surface area contributed by atoms with Gasteiger partial charge in [0.15, 0.2) is 0 Å². The maximum atomic E-state index is 14.1. The van der Waals surface area contributed by atoms with Gasteiger partial charge in [-0.05, 0) is 48.4 Å². The normalized spacial score (nSPS) is 18.0. The minimum atomic E-state index is -4.51. The Balaban J connectivity index is 1.16. The topological polar surface area (TPSA) is 90.5 Å². The zero-order chi connectivity index (χ0) is 31.0. The Labute approximate surface area is 254 Å². The van der Waals surface area contributed by atoms with Crippen molar-refractivity contribution in [2.45, 2.75) is 52.4 Å². The number of amides is 1. The highest BCUT2D eigenvalue weighted by Crippen LogP contribution is 2.35. The van der Waals surface area contributed by atoms with Crippen LogP contribution in [0.4, 0.5) is 13.2 Å². The van der Waals surface area contributed by atoms with E-state index in [9.17, 15) is 18.0 Å². The number of aryl methyl sites for hydroxylation is 1. The van der Waals surface area contributed by atoms with Crippen molar-refractivity contribution in [2.75, 3.05) is 39.3 Å². The summed E-state index contributed by atoms with van der Waals surface area (Å²) in [7, 11) is 0. The van der Waals surface area contributed by atoms with E-state index in [4.69, 9.17) is 4.74 Å². The van der Waals surface area contributed by atoms with Crippen molar-refractivity contribution in [1.29, 1.82) is 0 Å². The summed E-state index contributed by atoms with van der Waals surface area (Å²) in [5, 5.41) is 0.746. The van der Waals surface area contributed by atoms with Crippen LogP contribution in [-0.2, 0) is 30.5 Å². The number of rotatable bonds is 7. The van der Waals surface area contributed by atoms with Gasteiger partial charge < -0.3 is 19.5 Å². The molecule has 0 radical (unpaired) electrons. The molecule has 0 bridgehead atoms. The van der Waals surface area contributed by atoms with Crippen LogP contribution in [0, 0.1) is 6.92 Å². The number of fused-ring (bicyclic) bond motifs is 2. The Morgan fingerprint density at radius 3 is 2.59 bits per heavy atom. The molecule has 2 aliphatic heterocycles. The molecule has 9 nitrogen and oxygen atoms in total. The summed E-state index contributed by atoms with van der Waals surface area (Å²) in [4.78, 5) is 35.7. The monoisotopic (exact) mass is 607 g/mol. The SMILES string of the molecule is CCN1CCN(Cc2ccc(CC(=O)N3Cc4cc(Oc5ncnc6[nH]c(C)cc56)cnc4C(C)C3)cc2C(F)(F)F)CC1. The average molecular weight is 608 g/mol. The first kappa shape index (κ1) is 30.0. The van der Waals surface area contributed by atoms with Crippen LogP contribution >= 0.6 is 0 Å². The van der Waals surface area contributed by atoms with Gasteiger partial charge in [-0.1, -0.05) is 26.0 Å². The second-order valence-electron chi connectivity index (χ2n) is 11.8. The molecule has 1 aromatic carbocycles. The van der Waals surface area contributed by atoms with Gasteiger partial charge in [0.1, 0.15) is 17.7 Å². The number of halogens is 3. The summed E-state index contributed by atoms with van der Waals surface area (Å²) < 4.78 is 48.5. The van der Waals surface area contributed by atoms with Crippen LogP contribution in [0.2, 0.25) is 0 Å². The number of piperazine rings is 1. The van der Waals surface area contributed by atoms with Crippen LogP contribution in [0.15, 0.2) is 42.9 Å². The molecule has 44 heavy (non-hydrogen) atoms. The van der Waals surface area contributed by atoms with Gasteiger partial charge in [-0.2, -0.15) is 13.2 Å². The summed E-state index contributed by atoms with van der Waals surface area (Å²) in [5.41, 5.74) is 3.23. The van der Waals surface area contributed by atoms with E-state index in [0.29, 0.717) is 35.9 Å². The maximum absolute atomic E-state index is 14.1. The number of pyridine rings is 1. The van der Waals surface area contributed by atoms with Gasteiger partial charge in [0.2, 0.25) is 11.8 Å². The molecule has 3 aromatic heterocycles. The second kappa shape index (κ2) is 12.2. The molecule has 232 valence electrons. The van der Waals surface area contributed by atoms with Crippen LogP contribution in [0.5, 0.6) is 11.6 Å². The first-order valence-electron chi connectivity index (χ1n) is 15.0. The third-order valence-corrected chi connectivity index (χ3v) is 8.53. The summed E-state index contributed by atoms with van der Waals surface area (Å²) in [6.07, 6.45) is -1.55. The Bertz CT molecular complexity index is 1660. The number of nitrogens with zero attached hydrogens (tertiary/aromatic N) is 6. The summed E-state index contributed by atoms with van der Waals surface area (Å²) in [5.74, 6) is 0.595. The summed E-state index contributed by atoms with van der Waals surface area (Å²) >= 11 is 0. The summed E-state index contributed by atoms with van der Waals surface area (Å²) in [6, 6.07) is 8.10. The first-order valence-corrected chi connectivity index (χ1v) is 15.0. The smallest absolute Gasteiger partial charge is 0.416 e. The van der Waals surface area contributed by atoms with Gasteiger partial charge in [0.25, 0.3) is 0 Å². The van der Waals surface area contributed by atoms with E-state index in [1.54, 1.807) is 17.2 Å². The maximum Gasteiger partial charge on any atom is 0.416 e. The lowest BCUT2D eigenvalue weighted by Gasteiger charge is -2.34. The molecule has 1 saturated heterocycles. The van der Waals surface area contributed by atoms with Gasteiger partial charge in [-0.25, -0.2) is 9.97 Å². The van der Waals surface area contributed by atoms with Crippen molar-refractivity contribution < 1.29 is 22.7 Å². The number of hydrogen-bond donors (Lipinski definition) is 1. The number of aromatic nitrogens is 4. The lowest BCUT2D eigenvalue weighted by Crippen LogP contribution is -2.45. The number of carbonyl (C=O) groups is 1. The van der Waals surface area contributed by atoms with Crippen LogP contribution < -0.4 is 4.74 Å². The van der Waals surface area contributed by atoms with E-state index in [1.807, 2.05) is 26.0 Å². The van der Waals surface area contributed by atoms with Crippen LogP contribution in [-0.4, -0.2) is 79.8 Å². The number of ether oxygens (including phenoxy) is 1. The molecule has 1 unspecified atom stereocenters. The van der Waals surface area contributed by atoms with Crippen molar-refractivity contribution >= 4 is 16.9 Å². The molecule has 5 heterocycles. The Morgan fingerprint density at radius 2 is 1.84 bits per heavy atom. The fraction of sp³-hybridized carbons (Fsp3) is 0.438. The fourth-order valence-electron chi connectivity index (χ4n) is 6.17. The molecular formula is C32H36F3N7O2.